The van der Waals surface area contributed by atoms with Crippen LogP contribution in [0.2, 0.25) is 0 Å². The molecule has 0 spiro atoms. The number of benzene rings is 1. The molecule has 0 aliphatic carbocycles. The summed E-state index contributed by atoms with van der Waals surface area (Å²) in [5, 5.41) is 2.94. The van der Waals surface area contributed by atoms with Gasteiger partial charge in [-0.2, -0.15) is 0 Å². The Labute approximate surface area is 181 Å². The third-order valence-electron chi connectivity index (χ3n) is 4.96. The fourth-order valence-corrected chi connectivity index (χ4v) is 4.18. The van der Waals surface area contributed by atoms with Crippen molar-refractivity contribution in [1.29, 1.82) is 0 Å². The van der Waals surface area contributed by atoms with Crippen LogP contribution in [0.25, 0.3) is 0 Å². The minimum absolute atomic E-state index is 0.0582. The Balaban J connectivity index is 1.81. The molecule has 2 aromatic rings. The first-order valence-electron chi connectivity index (χ1n) is 9.91. The van der Waals surface area contributed by atoms with Crippen molar-refractivity contribution in [2.75, 3.05) is 27.3 Å². The first-order valence-corrected chi connectivity index (χ1v) is 11.4. The van der Waals surface area contributed by atoms with E-state index < -0.39 is 21.5 Å². The fourth-order valence-electron chi connectivity index (χ4n) is 3.26. The van der Waals surface area contributed by atoms with E-state index in [0.717, 1.165) is 20.5 Å². The molecule has 1 atom stereocenters. The molecule has 10 heteroatoms. The minimum atomic E-state index is -3.72. The largest absolute Gasteiger partial charge is 0.486 e. The van der Waals surface area contributed by atoms with Crippen molar-refractivity contribution in [2.45, 2.75) is 31.3 Å². The summed E-state index contributed by atoms with van der Waals surface area (Å²) in [6, 6.07) is 7.58. The Hall–Kier alpha value is -2.85. The number of carbonyl (C=O) groups is 1. The zero-order chi connectivity index (χ0) is 22.8. The van der Waals surface area contributed by atoms with Gasteiger partial charge in [-0.05, 0) is 29.7 Å². The average Bonchev–Trinajstić information content (AvgIpc) is 2.72. The molecule has 3 rings (SSSR count). The van der Waals surface area contributed by atoms with E-state index in [1.165, 1.54) is 26.4 Å². The van der Waals surface area contributed by atoms with Crippen LogP contribution in [0.3, 0.4) is 0 Å². The molecule has 0 radical (unpaired) electrons. The van der Waals surface area contributed by atoms with E-state index in [-0.39, 0.29) is 23.4 Å². The van der Waals surface area contributed by atoms with Gasteiger partial charge in [0.2, 0.25) is 15.9 Å². The van der Waals surface area contributed by atoms with E-state index in [1.54, 1.807) is 0 Å². The van der Waals surface area contributed by atoms with E-state index >= 15 is 0 Å². The van der Waals surface area contributed by atoms with Crippen molar-refractivity contribution in [1.82, 2.24) is 14.2 Å². The van der Waals surface area contributed by atoms with Gasteiger partial charge < -0.3 is 19.4 Å². The first kappa shape index (κ1) is 22.8. The number of nitrogens with zero attached hydrogens (tertiary/aromatic N) is 2. The number of sulfonamides is 1. The molecular weight excluding hydrogens is 422 g/mol. The molecule has 1 aliphatic rings. The topological polar surface area (TPSA) is 107 Å². The van der Waals surface area contributed by atoms with Gasteiger partial charge in [0.25, 0.3) is 5.56 Å². The summed E-state index contributed by atoms with van der Waals surface area (Å²) in [7, 11) is -0.922. The van der Waals surface area contributed by atoms with E-state index in [2.05, 4.69) is 5.32 Å². The molecule has 1 unspecified atom stereocenters. The number of aromatic nitrogens is 1. The predicted molar refractivity (Wildman–Crippen MR) is 115 cm³/mol. The van der Waals surface area contributed by atoms with Crippen LogP contribution in [0.4, 0.5) is 0 Å². The molecule has 9 nitrogen and oxygen atoms in total. The number of hydrogen-bond donors (Lipinski definition) is 1. The molecule has 1 N–H and O–H groups in total. The van der Waals surface area contributed by atoms with Gasteiger partial charge in [-0.1, -0.05) is 19.9 Å². The maximum atomic E-state index is 12.7. The highest BCUT2D eigenvalue weighted by Crippen LogP contribution is 2.34. The fraction of sp³-hybridized carbons (Fsp3) is 0.429. The van der Waals surface area contributed by atoms with E-state index in [1.807, 2.05) is 32.0 Å². The average molecular weight is 450 g/mol. The number of ether oxygens (including phenoxy) is 2. The van der Waals surface area contributed by atoms with Gasteiger partial charge in [-0.25, -0.2) is 12.7 Å². The number of carbonyl (C=O) groups excluding carboxylic acids is 1. The third kappa shape index (κ3) is 5.08. The monoisotopic (exact) mass is 449 g/mol. The minimum Gasteiger partial charge on any atom is -0.486 e. The predicted octanol–water partition coefficient (Wildman–Crippen LogP) is 1.38. The smallest absolute Gasteiger partial charge is 0.251 e. The number of pyridine rings is 1. The van der Waals surface area contributed by atoms with Gasteiger partial charge in [0.1, 0.15) is 19.8 Å². The number of rotatable bonds is 7. The van der Waals surface area contributed by atoms with Crippen LogP contribution in [-0.2, 0) is 21.4 Å². The van der Waals surface area contributed by atoms with Crippen LogP contribution in [0.15, 0.2) is 46.2 Å². The van der Waals surface area contributed by atoms with Gasteiger partial charge >= 0.3 is 0 Å². The summed E-state index contributed by atoms with van der Waals surface area (Å²) in [6.45, 7) is 4.60. The Morgan fingerprint density at radius 3 is 2.45 bits per heavy atom. The number of hydrogen-bond acceptors (Lipinski definition) is 6. The summed E-state index contributed by atoms with van der Waals surface area (Å²) in [4.78, 5) is 24.9. The summed E-state index contributed by atoms with van der Waals surface area (Å²) in [6.07, 6.45) is 1.19. The van der Waals surface area contributed by atoms with E-state index in [9.17, 15) is 18.0 Å². The SMILES string of the molecule is CC(C)C(NC(=O)Cn1cc(S(=O)(=O)N(C)C)ccc1=O)c1ccc2c(c1)OCCO2. The van der Waals surface area contributed by atoms with Gasteiger partial charge in [0.05, 0.1) is 10.9 Å². The van der Waals surface area contributed by atoms with Gasteiger partial charge in [0, 0.05) is 26.4 Å². The highest BCUT2D eigenvalue weighted by atomic mass is 32.2. The Kier molecular flexibility index (Phi) is 6.71. The normalized spacial score (nSPS) is 14.5. The zero-order valence-corrected chi connectivity index (χ0v) is 18.8. The zero-order valence-electron chi connectivity index (χ0n) is 18.0. The Morgan fingerprint density at radius 2 is 1.81 bits per heavy atom. The van der Waals surface area contributed by atoms with Crippen molar-refractivity contribution in [2.24, 2.45) is 5.92 Å². The van der Waals surface area contributed by atoms with Crippen molar-refractivity contribution in [3.8, 4) is 11.5 Å². The summed E-state index contributed by atoms with van der Waals surface area (Å²) in [5.74, 6) is 0.939. The highest BCUT2D eigenvalue weighted by molar-refractivity contribution is 7.89. The molecule has 168 valence electrons. The standard InChI is InChI=1S/C21H27N3O6S/c1-14(2)21(15-5-7-17-18(11-15)30-10-9-29-17)22-19(25)13-24-12-16(6-8-20(24)26)31(27,28)23(3)4/h5-8,11-12,14,21H,9-10,13H2,1-4H3,(H,22,25). The Morgan fingerprint density at radius 1 is 1.13 bits per heavy atom. The molecule has 1 amide bonds. The van der Waals surface area contributed by atoms with Crippen molar-refractivity contribution >= 4 is 15.9 Å². The van der Waals surface area contributed by atoms with E-state index in [0.29, 0.717) is 24.7 Å². The van der Waals surface area contributed by atoms with E-state index in [4.69, 9.17) is 9.47 Å². The second kappa shape index (κ2) is 9.11. The maximum Gasteiger partial charge on any atom is 0.251 e. The molecular formula is C21H27N3O6S. The molecule has 1 aromatic carbocycles. The number of fused-ring (bicyclic) bond motifs is 1. The molecule has 0 saturated heterocycles. The second-order valence-electron chi connectivity index (χ2n) is 7.81. The summed E-state index contributed by atoms with van der Waals surface area (Å²) in [5.41, 5.74) is 0.386. The van der Waals surface area contributed by atoms with Crippen LogP contribution < -0.4 is 20.3 Å². The molecule has 1 aromatic heterocycles. The summed E-state index contributed by atoms with van der Waals surface area (Å²) >= 11 is 0. The quantitative estimate of drug-likeness (QED) is 0.685. The molecule has 0 fully saturated rings. The molecule has 2 heterocycles. The molecule has 1 aliphatic heterocycles. The van der Waals surface area contributed by atoms with Crippen molar-refractivity contribution in [3.63, 3.8) is 0 Å². The van der Waals surface area contributed by atoms with Crippen LogP contribution in [0, 0.1) is 5.92 Å². The second-order valence-corrected chi connectivity index (χ2v) is 9.96. The van der Waals surface area contributed by atoms with Crippen LogP contribution in [0.5, 0.6) is 11.5 Å². The number of nitrogens with one attached hydrogen (secondary N) is 1. The van der Waals surface area contributed by atoms with Gasteiger partial charge in [-0.15, -0.1) is 0 Å². The lowest BCUT2D eigenvalue weighted by molar-refractivity contribution is -0.122. The first-order chi connectivity index (χ1) is 14.6. The van der Waals surface area contributed by atoms with Crippen molar-refractivity contribution < 1.29 is 22.7 Å². The van der Waals surface area contributed by atoms with Crippen LogP contribution >= 0.6 is 0 Å². The van der Waals surface area contributed by atoms with Crippen LogP contribution in [-0.4, -0.2) is 50.5 Å². The third-order valence-corrected chi connectivity index (χ3v) is 6.76. The van der Waals surface area contributed by atoms with Crippen LogP contribution in [0.1, 0.15) is 25.5 Å². The summed E-state index contributed by atoms with van der Waals surface area (Å²) < 4.78 is 38.0. The Bertz CT molecular complexity index is 1120. The lowest BCUT2D eigenvalue weighted by Crippen LogP contribution is -2.37. The van der Waals surface area contributed by atoms with Gasteiger partial charge in [0.15, 0.2) is 11.5 Å². The van der Waals surface area contributed by atoms with Crippen molar-refractivity contribution in [3.05, 3.63) is 52.4 Å². The molecule has 31 heavy (non-hydrogen) atoms. The lowest BCUT2D eigenvalue weighted by atomic mass is 9.95. The van der Waals surface area contributed by atoms with Gasteiger partial charge in [-0.3, -0.25) is 9.59 Å². The lowest BCUT2D eigenvalue weighted by Gasteiger charge is -2.25. The highest BCUT2D eigenvalue weighted by Gasteiger charge is 2.23. The number of amides is 1. The molecule has 0 bridgehead atoms. The molecule has 0 saturated carbocycles. The maximum absolute atomic E-state index is 12.7.